The van der Waals surface area contributed by atoms with Gasteiger partial charge < -0.3 is 25.2 Å². The number of aliphatic hydroxyl groups is 4. The lowest BCUT2D eigenvalue weighted by Crippen LogP contribution is -2.70. The smallest absolute Gasteiger partial charge is 0.387 e. The molecule has 0 bridgehead atoms. The van der Waals surface area contributed by atoms with Crippen LogP contribution in [-0.2, 0) is 23.5 Å². The van der Waals surface area contributed by atoms with Crippen LogP contribution in [0.2, 0.25) is 0 Å². The van der Waals surface area contributed by atoms with Crippen LogP contribution in [0, 0.1) is 0 Å². The Balaban J connectivity index is 2.48. The molecule has 16 heavy (non-hydrogen) atoms. The summed E-state index contributed by atoms with van der Waals surface area (Å²) < 4.78 is 34.4. The fourth-order valence-corrected chi connectivity index (χ4v) is 2.56. The maximum absolute atomic E-state index is 10.9. The topological polar surface area (TPSA) is 143 Å². The Morgan fingerprint density at radius 2 is 1.75 bits per heavy atom. The van der Waals surface area contributed by atoms with Gasteiger partial charge in [0.2, 0.25) is 0 Å². The zero-order valence-electron chi connectivity index (χ0n) is 7.97. The van der Waals surface area contributed by atoms with Crippen molar-refractivity contribution < 1.29 is 41.9 Å². The van der Waals surface area contributed by atoms with E-state index in [2.05, 4.69) is 13.1 Å². The third-order valence-corrected chi connectivity index (χ3v) is 3.34. The van der Waals surface area contributed by atoms with E-state index in [1.54, 1.807) is 0 Å². The molecule has 2 rings (SSSR count). The van der Waals surface area contributed by atoms with Gasteiger partial charge in [0.1, 0.15) is 12.2 Å². The van der Waals surface area contributed by atoms with Gasteiger partial charge in [0.05, 0.1) is 6.10 Å². The van der Waals surface area contributed by atoms with Crippen LogP contribution in [-0.4, -0.2) is 58.9 Å². The Bertz CT molecular complexity index is 406. The molecule has 2 fully saturated rings. The molecule has 5 atom stereocenters. The molecule has 0 saturated carbocycles. The average Bonchev–Trinajstić information content (AvgIpc) is 2.29. The van der Waals surface area contributed by atoms with E-state index in [1.807, 2.05) is 0 Å². The lowest BCUT2D eigenvalue weighted by Gasteiger charge is -2.44. The predicted molar refractivity (Wildman–Crippen MR) is 43.6 cm³/mol. The number of hydrogen-bond donors (Lipinski definition) is 4. The van der Waals surface area contributed by atoms with Gasteiger partial charge in [-0.05, 0) is 6.92 Å². The first-order valence-corrected chi connectivity index (χ1v) is 5.59. The van der Waals surface area contributed by atoms with Crippen molar-refractivity contribution in [2.45, 2.75) is 37.0 Å². The van der Waals surface area contributed by atoms with Gasteiger partial charge in [-0.2, -0.15) is 12.6 Å². The fourth-order valence-electron chi connectivity index (χ4n) is 1.57. The van der Waals surface area contributed by atoms with Crippen LogP contribution in [0.5, 0.6) is 0 Å². The zero-order valence-corrected chi connectivity index (χ0v) is 8.79. The van der Waals surface area contributed by atoms with Crippen LogP contribution in [0.3, 0.4) is 0 Å². The molecule has 9 nitrogen and oxygen atoms in total. The molecule has 0 aromatic rings. The summed E-state index contributed by atoms with van der Waals surface area (Å²) in [5.41, 5.74) is 0. The maximum Gasteiger partial charge on any atom is 0.407 e. The van der Waals surface area contributed by atoms with E-state index in [1.165, 1.54) is 6.92 Å². The first-order chi connectivity index (χ1) is 7.11. The molecule has 94 valence electrons. The average molecular weight is 258 g/mol. The summed E-state index contributed by atoms with van der Waals surface area (Å²) in [5.74, 6) is -6.18. The van der Waals surface area contributed by atoms with Crippen molar-refractivity contribution in [1.82, 2.24) is 0 Å². The first-order valence-electron chi connectivity index (χ1n) is 4.26. The number of rotatable bonds is 0. The number of ether oxygens (including phenoxy) is 1. The minimum atomic E-state index is -4.72. The molecule has 0 spiro atoms. The quantitative estimate of drug-likeness (QED) is 0.352. The van der Waals surface area contributed by atoms with Gasteiger partial charge in [0.25, 0.3) is 5.79 Å². The highest BCUT2D eigenvalue weighted by Gasteiger charge is 2.74. The second kappa shape index (κ2) is 3.11. The molecule has 2 aliphatic rings. The Morgan fingerprint density at radius 1 is 1.19 bits per heavy atom. The molecule has 2 heterocycles. The van der Waals surface area contributed by atoms with Crippen molar-refractivity contribution in [3.05, 3.63) is 0 Å². The predicted octanol–water partition coefficient (Wildman–Crippen LogP) is -3.25. The van der Waals surface area contributed by atoms with Gasteiger partial charge in [0.15, 0.2) is 0 Å². The maximum atomic E-state index is 10.9. The van der Waals surface area contributed by atoms with E-state index in [0.717, 1.165) is 0 Å². The summed E-state index contributed by atoms with van der Waals surface area (Å²) >= 11 is 0. The Morgan fingerprint density at radius 3 is 2.31 bits per heavy atom. The van der Waals surface area contributed by atoms with Crippen LogP contribution >= 0.6 is 0 Å². The summed E-state index contributed by atoms with van der Waals surface area (Å²) in [6.07, 6.45) is -4.93. The molecular formula is C6H10O9S. The molecule has 2 saturated heterocycles. The van der Waals surface area contributed by atoms with Crippen LogP contribution in [0.4, 0.5) is 0 Å². The van der Waals surface area contributed by atoms with E-state index < -0.39 is 40.5 Å². The normalized spacial score (nSPS) is 55.9. The van der Waals surface area contributed by atoms with Crippen LogP contribution in [0.25, 0.3) is 0 Å². The summed E-state index contributed by atoms with van der Waals surface area (Å²) in [4.78, 5) is 0. The third-order valence-electron chi connectivity index (χ3n) is 2.45. The molecule has 0 aromatic carbocycles. The highest BCUT2D eigenvalue weighted by atomic mass is 32.3. The summed E-state index contributed by atoms with van der Waals surface area (Å²) in [5, 5.41) is 38.1. The highest BCUT2D eigenvalue weighted by molar-refractivity contribution is 7.82. The van der Waals surface area contributed by atoms with Crippen molar-refractivity contribution in [2.75, 3.05) is 0 Å². The molecule has 10 heteroatoms. The zero-order chi connectivity index (χ0) is 12.4. The molecule has 0 aliphatic carbocycles. The monoisotopic (exact) mass is 258 g/mol. The van der Waals surface area contributed by atoms with Crippen molar-refractivity contribution in [2.24, 2.45) is 0 Å². The molecule has 1 unspecified atom stereocenters. The molecule has 0 radical (unpaired) electrons. The minimum absolute atomic E-state index is 1.17. The second-order valence-electron chi connectivity index (χ2n) is 3.61. The van der Waals surface area contributed by atoms with Gasteiger partial charge in [-0.15, -0.1) is 0 Å². The van der Waals surface area contributed by atoms with E-state index in [9.17, 15) is 28.8 Å². The van der Waals surface area contributed by atoms with E-state index in [-0.39, 0.29) is 0 Å². The lowest BCUT2D eigenvalue weighted by atomic mass is 9.95. The lowest BCUT2D eigenvalue weighted by molar-refractivity contribution is -0.472. The van der Waals surface area contributed by atoms with Gasteiger partial charge >= 0.3 is 16.4 Å². The number of fused-ring (bicyclic) bond motifs is 1. The van der Waals surface area contributed by atoms with Crippen LogP contribution in [0.1, 0.15) is 6.92 Å². The highest BCUT2D eigenvalue weighted by Crippen LogP contribution is 2.45. The first kappa shape index (κ1) is 12.1. The Kier molecular flexibility index (Phi) is 2.36. The second-order valence-corrected chi connectivity index (χ2v) is 4.76. The number of hydrogen-bond acceptors (Lipinski definition) is 9. The van der Waals surface area contributed by atoms with Gasteiger partial charge in [0, 0.05) is 0 Å². The molecule has 2 aliphatic heterocycles. The largest absolute Gasteiger partial charge is 0.407 e. The van der Waals surface area contributed by atoms with E-state index in [4.69, 9.17) is 0 Å². The van der Waals surface area contributed by atoms with Gasteiger partial charge in [-0.3, -0.25) is 0 Å². The summed E-state index contributed by atoms with van der Waals surface area (Å²) in [7, 11) is -4.72. The fraction of sp³-hybridized carbons (Fsp3) is 1.00. The standard InChI is InChI=1S/C6H10O9S/c1-2-3(7)4(8)5(9)6(10,13-2)15-16(11,12)14-5/h2-4,7-10H,1H3/t2-,3-,4+,5+,6?/m0/s1. The van der Waals surface area contributed by atoms with E-state index in [0.29, 0.717) is 0 Å². The molecule has 4 N–H and O–H groups in total. The third kappa shape index (κ3) is 1.39. The van der Waals surface area contributed by atoms with Gasteiger partial charge in [-0.25, -0.2) is 4.18 Å². The molecular weight excluding hydrogens is 248 g/mol. The Labute approximate surface area is 90.1 Å². The number of aliphatic hydroxyl groups excluding tert-OH is 2. The van der Waals surface area contributed by atoms with Crippen molar-refractivity contribution in [1.29, 1.82) is 0 Å². The van der Waals surface area contributed by atoms with E-state index >= 15 is 0 Å². The minimum Gasteiger partial charge on any atom is -0.387 e. The van der Waals surface area contributed by atoms with Crippen molar-refractivity contribution >= 4 is 10.4 Å². The summed E-state index contributed by atoms with van der Waals surface area (Å²) in [6, 6.07) is 0. The van der Waals surface area contributed by atoms with Crippen molar-refractivity contribution in [3.63, 3.8) is 0 Å². The molecule has 0 amide bonds. The SMILES string of the molecule is C[C@@H]1OC2(O)OS(=O)(=O)O[C@]2(O)[C@H](O)[C@H]1O. The van der Waals surface area contributed by atoms with Crippen LogP contribution in [0.15, 0.2) is 0 Å². The van der Waals surface area contributed by atoms with Crippen molar-refractivity contribution in [3.8, 4) is 0 Å². The summed E-state index contributed by atoms with van der Waals surface area (Å²) in [6.45, 7) is 1.24. The molecule has 0 aromatic heterocycles. The van der Waals surface area contributed by atoms with Gasteiger partial charge in [-0.1, -0.05) is 0 Å². The Hall–Kier alpha value is -0.330. The van der Waals surface area contributed by atoms with Crippen LogP contribution < -0.4 is 0 Å².